The Morgan fingerprint density at radius 3 is 2.64 bits per heavy atom. The number of nitrogens with zero attached hydrogens (tertiary/aromatic N) is 1. The van der Waals surface area contributed by atoms with Crippen molar-refractivity contribution in [3.05, 3.63) is 96.7 Å². The molecule has 0 unspecified atom stereocenters. The van der Waals surface area contributed by atoms with Crippen molar-refractivity contribution in [3.63, 3.8) is 0 Å². The Labute approximate surface area is 230 Å². The molecule has 0 bridgehead atoms. The Balaban J connectivity index is 1.54. The van der Waals surface area contributed by atoms with E-state index in [1.165, 1.54) is 6.07 Å². The number of aliphatic imine (C=N–C) groups is 1. The van der Waals surface area contributed by atoms with Gasteiger partial charge in [-0.25, -0.2) is 4.39 Å². The largest absolute Gasteiger partial charge is 0.490 e. The van der Waals surface area contributed by atoms with Crippen molar-refractivity contribution in [1.82, 2.24) is 5.32 Å². The fourth-order valence-electron chi connectivity index (χ4n) is 3.22. The van der Waals surface area contributed by atoms with E-state index in [-0.39, 0.29) is 23.5 Å². The number of carbonyl (C=O) groups excluding carboxylic acids is 2. The van der Waals surface area contributed by atoms with Gasteiger partial charge in [-0.3, -0.25) is 9.59 Å². The van der Waals surface area contributed by atoms with Crippen molar-refractivity contribution >= 4 is 69.0 Å². The van der Waals surface area contributed by atoms with Gasteiger partial charge in [0.15, 0.2) is 16.7 Å². The first kappa shape index (κ1) is 26.2. The van der Waals surface area contributed by atoms with E-state index in [9.17, 15) is 14.0 Å². The van der Waals surface area contributed by atoms with Gasteiger partial charge in [-0.05, 0) is 95.4 Å². The zero-order valence-corrected chi connectivity index (χ0v) is 22.6. The minimum absolute atomic E-state index is 0.0446. The molecule has 2 amide bonds. The molecule has 0 aliphatic carbocycles. The molecule has 0 aromatic heterocycles. The summed E-state index contributed by atoms with van der Waals surface area (Å²) in [6.45, 7) is 2.29. The Morgan fingerprint density at radius 2 is 1.92 bits per heavy atom. The first-order valence-corrected chi connectivity index (χ1v) is 13.0. The lowest BCUT2D eigenvalue weighted by Crippen LogP contribution is -2.20. The molecule has 3 aromatic carbocycles. The number of rotatable bonds is 7. The average Bonchev–Trinajstić information content (AvgIpc) is 3.18. The van der Waals surface area contributed by atoms with Crippen LogP contribution in [0.3, 0.4) is 0 Å². The van der Waals surface area contributed by atoms with Crippen LogP contribution in [0.5, 0.6) is 11.5 Å². The van der Waals surface area contributed by atoms with Crippen LogP contribution < -0.4 is 14.8 Å². The van der Waals surface area contributed by atoms with Crippen LogP contribution in [0.25, 0.3) is 6.08 Å². The normalized spacial score (nSPS) is 15.3. The highest BCUT2D eigenvalue weighted by Crippen LogP contribution is 2.37. The fraction of sp³-hybridized carbons (Fsp3) is 0.115. The summed E-state index contributed by atoms with van der Waals surface area (Å²) in [5, 5.41) is 3.31. The highest BCUT2D eigenvalue weighted by Gasteiger charge is 2.25. The molecule has 1 aliphatic rings. The van der Waals surface area contributed by atoms with Crippen LogP contribution >= 0.6 is 46.0 Å². The molecule has 1 N–H and O–H groups in total. The zero-order valence-electron chi connectivity index (χ0n) is 18.9. The van der Waals surface area contributed by atoms with E-state index in [1.54, 1.807) is 54.6 Å². The Morgan fingerprint density at radius 1 is 1.17 bits per heavy atom. The summed E-state index contributed by atoms with van der Waals surface area (Å²) >= 11 is 9.03. The van der Waals surface area contributed by atoms with E-state index in [0.29, 0.717) is 44.7 Å². The fourth-order valence-corrected chi connectivity index (χ4v) is 4.95. The molecular weight excluding hydrogens is 618 g/mol. The van der Waals surface area contributed by atoms with Gasteiger partial charge < -0.3 is 14.8 Å². The Kier molecular flexibility index (Phi) is 8.65. The van der Waals surface area contributed by atoms with Crippen LogP contribution in [-0.4, -0.2) is 23.6 Å². The standard InChI is InChI=1S/C26H19ClFIN2O4S/c1-2-34-21-12-15(11-20(29)23(21)35-14-17-5-3-4-6-19(17)28)13-22-25(33)31-26(36-22)30-24(32)16-7-9-18(27)10-8-16/h3-13H,2,14H2,1H3,(H,30,31,32,33)/b22-13-. The van der Waals surface area contributed by atoms with Gasteiger partial charge in [0.25, 0.3) is 11.8 Å². The molecule has 1 saturated heterocycles. The molecule has 184 valence electrons. The second-order valence-corrected chi connectivity index (χ2v) is 10.1. The van der Waals surface area contributed by atoms with Gasteiger partial charge in [-0.2, -0.15) is 4.99 Å². The molecule has 3 aromatic rings. The number of halogens is 3. The molecule has 4 rings (SSSR count). The maximum Gasteiger partial charge on any atom is 0.279 e. The van der Waals surface area contributed by atoms with Crippen LogP contribution in [0.15, 0.2) is 70.6 Å². The summed E-state index contributed by atoms with van der Waals surface area (Å²) in [6.07, 6.45) is 1.68. The third-order valence-electron chi connectivity index (χ3n) is 4.90. The summed E-state index contributed by atoms with van der Waals surface area (Å²) in [6, 6.07) is 16.3. The van der Waals surface area contributed by atoms with Crippen molar-refractivity contribution in [2.24, 2.45) is 4.99 Å². The quantitative estimate of drug-likeness (QED) is 0.238. The van der Waals surface area contributed by atoms with Gasteiger partial charge in [0, 0.05) is 16.1 Å². The Hall–Kier alpha value is -2.89. The summed E-state index contributed by atoms with van der Waals surface area (Å²) in [5.74, 6) is -0.233. The SMILES string of the molecule is CCOc1cc(/C=C2\SC(=NC(=O)c3ccc(Cl)cc3)NC2=O)cc(I)c1OCc1ccccc1F. The van der Waals surface area contributed by atoms with E-state index in [2.05, 4.69) is 32.9 Å². The third kappa shape index (κ3) is 6.45. The minimum atomic E-state index is -0.486. The molecule has 1 fully saturated rings. The van der Waals surface area contributed by atoms with Gasteiger partial charge in [0.1, 0.15) is 12.4 Å². The molecule has 1 heterocycles. The molecule has 0 saturated carbocycles. The predicted octanol–water partition coefficient (Wildman–Crippen LogP) is 6.46. The minimum Gasteiger partial charge on any atom is -0.490 e. The van der Waals surface area contributed by atoms with Crippen LogP contribution in [0, 0.1) is 9.39 Å². The van der Waals surface area contributed by atoms with E-state index >= 15 is 0 Å². The highest BCUT2D eigenvalue weighted by atomic mass is 127. The van der Waals surface area contributed by atoms with Gasteiger partial charge in [0.05, 0.1) is 15.1 Å². The van der Waals surface area contributed by atoms with E-state index in [1.807, 2.05) is 13.0 Å². The van der Waals surface area contributed by atoms with Gasteiger partial charge in [-0.15, -0.1) is 0 Å². The molecule has 0 radical (unpaired) electrons. The topological polar surface area (TPSA) is 77.0 Å². The molecular formula is C26H19ClFIN2O4S. The van der Waals surface area contributed by atoms with E-state index in [0.717, 1.165) is 15.3 Å². The van der Waals surface area contributed by atoms with Crippen LogP contribution in [-0.2, 0) is 11.4 Å². The number of hydrogen-bond donors (Lipinski definition) is 1. The molecule has 10 heteroatoms. The Bertz CT molecular complexity index is 1380. The maximum absolute atomic E-state index is 14.0. The van der Waals surface area contributed by atoms with Crippen molar-refractivity contribution in [3.8, 4) is 11.5 Å². The number of amidine groups is 1. The van der Waals surface area contributed by atoms with Crippen molar-refractivity contribution in [2.75, 3.05) is 6.61 Å². The number of carbonyl (C=O) groups is 2. The van der Waals surface area contributed by atoms with Crippen LogP contribution in [0.1, 0.15) is 28.4 Å². The van der Waals surface area contributed by atoms with E-state index < -0.39 is 5.91 Å². The molecule has 36 heavy (non-hydrogen) atoms. The number of nitrogens with one attached hydrogen (secondary N) is 1. The van der Waals surface area contributed by atoms with Crippen molar-refractivity contribution in [2.45, 2.75) is 13.5 Å². The summed E-state index contributed by atoms with van der Waals surface area (Å²) in [5.41, 5.74) is 1.49. The highest BCUT2D eigenvalue weighted by molar-refractivity contribution is 14.1. The zero-order chi connectivity index (χ0) is 25.7. The number of thioether (sulfide) groups is 1. The monoisotopic (exact) mass is 636 g/mol. The van der Waals surface area contributed by atoms with Gasteiger partial charge in [0.2, 0.25) is 0 Å². The first-order valence-electron chi connectivity index (χ1n) is 10.8. The van der Waals surface area contributed by atoms with Crippen LogP contribution in [0.4, 0.5) is 4.39 Å². The third-order valence-corrected chi connectivity index (χ3v) is 6.87. The van der Waals surface area contributed by atoms with Gasteiger partial charge >= 0.3 is 0 Å². The second-order valence-electron chi connectivity index (χ2n) is 7.44. The number of amides is 2. The van der Waals surface area contributed by atoms with Crippen molar-refractivity contribution < 1.29 is 23.5 Å². The lowest BCUT2D eigenvalue weighted by atomic mass is 10.1. The number of ether oxygens (including phenoxy) is 2. The molecule has 0 atom stereocenters. The molecule has 0 spiro atoms. The lowest BCUT2D eigenvalue weighted by molar-refractivity contribution is -0.115. The first-order chi connectivity index (χ1) is 17.3. The molecule has 6 nitrogen and oxygen atoms in total. The predicted molar refractivity (Wildman–Crippen MR) is 148 cm³/mol. The number of benzene rings is 3. The smallest absolute Gasteiger partial charge is 0.279 e. The maximum atomic E-state index is 14.0. The summed E-state index contributed by atoms with van der Waals surface area (Å²) in [7, 11) is 0. The number of hydrogen-bond acceptors (Lipinski definition) is 5. The summed E-state index contributed by atoms with van der Waals surface area (Å²) < 4.78 is 26.4. The average molecular weight is 637 g/mol. The second kappa shape index (κ2) is 11.9. The van der Waals surface area contributed by atoms with E-state index in [4.69, 9.17) is 21.1 Å². The molecule has 1 aliphatic heterocycles. The van der Waals surface area contributed by atoms with Crippen LogP contribution in [0.2, 0.25) is 5.02 Å². The van der Waals surface area contributed by atoms with Crippen molar-refractivity contribution in [1.29, 1.82) is 0 Å². The summed E-state index contributed by atoms with van der Waals surface area (Å²) in [4.78, 5) is 29.3. The van der Waals surface area contributed by atoms with Gasteiger partial charge in [-0.1, -0.05) is 29.8 Å². The lowest BCUT2D eigenvalue weighted by Gasteiger charge is -2.15.